The SMILES string of the molecule is CCCC1CCC(/C=C/C2CCc3c(cc(F)c(-c4cc(F)c(/C=C/C(F)(F)F)c(F)c4)c3F)C2)CC1. The fourth-order valence-electron chi connectivity index (χ4n) is 5.76. The molecular formula is C30H31F7. The minimum absolute atomic E-state index is 0.167. The monoisotopic (exact) mass is 524 g/mol. The van der Waals surface area contributed by atoms with Gasteiger partial charge in [-0.05, 0) is 104 Å². The van der Waals surface area contributed by atoms with E-state index in [9.17, 15) is 22.0 Å². The third-order valence-corrected chi connectivity index (χ3v) is 7.71. The molecule has 1 saturated carbocycles. The lowest BCUT2D eigenvalue weighted by atomic mass is 9.78. The normalized spacial score (nSPS) is 22.6. The van der Waals surface area contributed by atoms with Crippen molar-refractivity contribution in [3.05, 3.63) is 76.4 Å². The van der Waals surface area contributed by atoms with Crippen LogP contribution in [0.3, 0.4) is 0 Å². The summed E-state index contributed by atoms with van der Waals surface area (Å²) in [5.41, 5.74) is -1.02. The smallest absolute Gasteiger partial charge is 0.206 e. The van der Waals surface area contributed by atoms with Crippen molar-refractivity contribution in [1.29, 1.82) is 0 Å². The lowest BCUT2D eigenvalue weighted by molar-refractivity contribution is -0.0790. The molecule has 0 saturated heterocycles. The zero-order chi connectivity index (χ0) is 26.7. The molecule has 7 heteroatoms. The Hall–Kier alpha value is -2.57. The quantitative estimate of drug-likeness (QED) is 0.261. The van der Waals surface area contributed by atoms with E-state index in [0.717, 1.165) is 5.92 Å². The molecule has 0 aromatic heterocycles. The van der Waals surface area contributed by atoms with E-state index in [1.165, 1.54) is 44.6 Å². The van der Waals surface area contributed by atoms with E-state index in [0.29, 0.717) is 48.4 Å². The minimum atomic E-state index is -4.75. The summed E-state index contributed by atoms with van der Waals surface area (Å²) >= 11 is 0. The number of rotatable bonds is 6. The molecule has 0 heterocycles. The summed E-state index contributed by atoms with van der Waals surface area (Å²) < 4.78 is 96.4. The molecule has 0 nitrogen and oxygen atoms in total. The molecule has 0 amide bonds. The van der Waals surface area contributed by atoms with E-state index >= 15 is 8.78 Å². The topological polar surface area (TPSA) is 0 Å². The van der Waals surface area contributed by atoms with Crippen molar-refractivity contribution in [2.75, 3.05) is 0 Å². The third-order valence-electron chi connectivity index (χ3n) is 7.71. The van der Waals surface area contributed by atoms with E-state index in [1.807, 2.05) is 0 Å². The van der Waals surface area contributed by atoms with E-state index in [4.69, 9.17) is 0 Å². The van der Waals surface area contributed by atoms with Crippen LogP contribution in [0, 0.1) is 41.0 Å². The van der Waals surface area contributed by atoms with Crippen LogP contribution in [0.15, 0.2) is 36.4 Å². The molecule has 37 heavy (non-hydrogen) atoms. The largest absolute Gasteiger partial charge is 0.409 e. The lowest BCUT2D eigenvalue weighted by Gasteiger charge is -2.28. The lowest BCUT2D eigenvalue weighted by Crippen LogP contribution is -2.17. The molecule has 4 rings (SSSR count). The second kappa shape index (κ2) is 11.4. The second-order valence-corrected chi connectivity index (χ2v) is 10.4. The fraction of sp³-hybridized carbons (Fsp3) is 0.467. The highest BCUT2D eigenvalue weighted by Crippen LogP contribution is 2.38. The van der Waals surface area contributed by atoms with Gasteiger partial charge in [-0.25, -0.2) is 17.6 Å². The Morgan fingerprint density at radius 2 is 1.49 bits per heavy atom. The van der Waals surface area contributed by atoms with Gasteiger partial charge >= 0.3 is 6.18 Å². The standard InChI is InChI=1S/C30H31F7/c1-2-3-18-4-6-19(7-5-18)8-9-20-10-11-23-21(14-20)15-27(33)28(29(23)34)22-16-25(31)24(26(32)17-22)12-13-30(35,36)37/h8-9,12-13,15-20H,2-7,10-11,14H2,1H3/b9-8+,13-12+. The summed E-state index contributed by atoms with van der Waals surface area (Å²) in [7, 11) is 0. The van der Waals surface area contributed by atoms with E-state index in [1.54, 1.807) is 0 Å². The first kappa shape index (κ1) is 27.5. The molecule has 1 atom stereocenters. The summed E-state index contributed by atoms with van der Waals surface area (Å²) in [6.07, 6.45) is 8.53. The highest BCUT2D eigenvalue weighted by atomic mass is 19.4. The van der Waals surface area contributed by atoms with Gasteiger partial charge in [-0.1, -0.05) is 31.9 Å². The first-order chi connectivity index (χ1) is 17.6. The minimum Gasteiger partial charge on any atom is -0.206 e. The van der Waals surface area contributed by atoms with Gasteiger partial charge in [0, 0.05) is 11.6 Å². The predicted octanol–water partition coefficient (Wildman–Crippen LogP) is 9.75. The Morgan fingerprint density at radius 1 is 0.838 bits per heavy atom. The molecule has 0 aliphatic heterocycles. The summed E-state index contributed by atoms with van der Waals surface area (Å²) in [5.74, 6) is -2.95. The summed E-state index contributed by atoms with van der Waals surface area (Å²) in [6, 6.07) is 2.55. The van der Waals surface area contributed by atoms with Crippen LogP contribution < -0.4 is 0 Å². The van der Waals surface area contributed by atoms with Crippen LogP contribution in [0.1, 0.15) is 68.6 Å². The van der Waals surface area contributed by atoms with Gasteiger partial charge in [0.25, 0.3) is 0 Å². The molecular weight excluding hydrogens is 493 g/mol. The zero-order valence-corrected chi connectivity index (χ0v) is 20.8. The van der Waals surface area contributed by atoms with Crippen molar-refractivity contribution < 1.29 is 30.7 Å². The van der Waals surface area contributed by atoms with Crippen molar-refractivity contribution in [2.24, 2.45) is 17.8 Å². The van der Waals surface area contributed by atoms with Crippen LogP contribution in [0.5, 0.6) is 0 Å². The maximum atomic E-state index is 15.4. The summed E-state index contributed by atoms with van der Waals surface area (Å²) in [4.78, 5) is 0. The average molecular weight is 525 g/mol. The van der Waals surface area contributed by atoms with Crippen LogP contribution in [0.2, 0.25) is 0 Å². The molecule has 0 bridgehead atoms. The van der Waals surface area contributed by atoms with Crippen molar-refractivity contribution in [3.63, 3.8) is 0 Å². The molecule has 1 fully saturated rings. The van der Waals surface area contributed by atoms with Gasteiger partial charge in [0.2, 0.25) is 0 Å². The molecule has 0 spiro atoms. The number of allylic oxidation sites excluding steroid dienone is 3. The molecule has 0 radical (unpaired) electrons. The van der Waals surface area contributed by atoms with Gasteiger partial charge in [-0.15, -0.1) is 0 Å². The Bertz CT molecular complexity index is 1140. The average Bonchev–Trinajstić information content (AvgIpc) is 2.82. The number of hydrogen-bond donors (Lipinski definition) is 0. The Labute approximate surface area is 213 Å². The molecule has 2 aromatic carbocycles. The van der Waals surface area contributed by atoms with Gasteiger partial charge in [-0.2, -0.15) is 13.2 Å². The first-order valence-electron chi connectivity index (χ1n) is 13.0. The van der Waals surface area contributed by atoms with Crippen LogP contribution in [-0.4, -0.2) is 6.18 Å². The van der Waals surface area contributed by atoms with Crippen molar-refractivity contribution in [3.8, 4) is 11.1 Å². The van der Waals surface area contributed by atoms with Gasteiger partial charge < -0.3 is 0 Å². The molecule has 200 valence electrons. The fourth-order valence-corrected chi connectivity index (χ4v) is 5.76. The van der Waals surface area contributed by atoms with Gasteiger partial charge in [0.05, 0.1) is 5.56 Å². The summed E-state index contributed by atoms with van der Waals surface area (Å²) in [5, 5.41) is 0. The Morgan fingerprint density at radius 3 is 2.11 bits per heavy atom. The maximum Gasteiger partial charge on any atom is 0.409 e. The molecule has 1 unspecified atom stereocenters. The van der Waals surface area contributed by atoms with E-state index < -0.39 is 46.1 Å². The number of fused-ring (bicyclic) bond motifs is 1. The highest BCUT2D eigenvalue weighted by molar-refractivity contribution is 5.69. The highest BCUT2D eigenvalue weighted by Gasteiger charge is 2.27. The van der Waals surface area contributed by atoms with Crippen molar-refractivity contribution >= 4 is 6.08 Å². The third kappa shape index (κ3) is 6.66. The maximum absolute atomic E-state index is 15.4. The van der Waals surface area contributed by atoms with Crippen molar-refractivity contribution in [2.45, 2.75) is 70.9 Å². The van der Waals surface area contributed by atoms with Crippen LogP contribution in [-0.2, 0) is 12.8 Å². The van der Waals surface area contributed by atoms with Crippen LogP contribution in [0.25, 0.3) is 17.2 Å². The molecule has 2 aromatic rings. The van der Waals surface area contributed by atoms with E-state index in [2.05, 4.69) is 19.1 Å². The Kier molecular flexibility index (Phi) is 8.49. The zero-order valence-electron chi connectivity index (χ0n) is 20.8. The molecule has 0 N–H and O–H groups in total. The second-order valence-electron chi connectivity index (χ2n) is 10.4. The predicted molar refractivity (Wildman–Crippen MR) is 132 cm³/mol. The Balaban J connectivity index is 1.51. The van der Waals surface area contributed by atoms with Crippen LogP contribution in [0.4, 0.5) is 30.7 Å². The van der Waals surface area contributed by atoms with Gasteiger partial charge in [0.15, 0.2) is 0 Å². The number of hydrogen-bond acceptors (Lipinski definition) is 0. The van der Waals surface area contributed by atoms with Crippen molar-refractivity contribution in [1.82, 2.24) is 0 Å². The van der Waals surface area contributed by atoms with Gasteiger partial charge in [0.1, 0.15) is 23.3 Å². The number of alkyl halides is 3. The number of halogens is 7. The van der Waals surface area contributed by atoms with Gasteiger partial charge in [-0.3, -0.25) is 0 Å². The summed E-state index contributed by atoms with van der Waals surface area (Å²) in [6.45, 7) is 2.22. The first-order valence-corrected chi connectivity index (χ1v) is 13.0. The molecule has 2 aliphatic rings. The van der Waals surface area contributed by atoms with E-state index in [-0.39, 0.29) is 18.1 Å². The molecule has 2 aliphatic carbocycles. The van der Waals surface area contributed by atoms with Crippen LogP contribution >= 0.6 is 0 Å². The number of benzene rings is 2.